The second kappa shape index (κ2) is 15.8. The topological polar surface area (TPSA) is 24.4 Å². The molecule has 1 heterocycles. The van der Waals surface area contributed by atoms with E-state index in [4.69, 9.17) is 0 Å². The van der Waals surface area contributed by atoms with Crippen LogP contribution in [0.3, 0.4) is 0 Å². The van der Waals surface area contributed by atoms with Crippen molar-refractivity contribution in [2.24, 2.45) is 4.99 Å². The van der Waals surface area contributed by atoms with Crippen molar-refractivity contribution in [2.45, 2.75) is 0 Å². The number of hydrogen-bond acceptors (Lipinski definition) is 2. The first-order valence-electron chi connectivity index (χ1n) is 2.72. The molecular formula is C7H14N2. The number of rotatable bonds is 0. The Morgan fingerprint density at radius 3 is 1.89 bits per heavy atom. The first kappa shape index (κ1) is 10.8. The molecule has 0 aromatic rings. The molecule has 0 saturated carbocycles. The highest BCUT2D eigenvalue weighted by molar-refractivity contribution is 5.56. The van der Waals surface area contributed by atoms with Gasteiger partial charge in [-0.3, -0.25) is 4.99 Å². The van der Waals surface area contributed by atoms with Crippen molar-refractivity contribution in [1.82, 2.24) is 5.32 Å². The zero-order chi connectivity index (χ0) is 7.54. The fourth-order valence-electron chi connectivity index (χ4n) is 0.323. The maximum Gasteiger partial charge on any atom is 0.0825 e. The van der Waals surface area contributed by atoms with E-state index < -0.39 is 0 Å². The molecule has 0 bridgehead atoms. The predicted molar refractivity (Wildman–Crippen MR) is 43.9 cm³/mol. The molecule has 0 radical (unpaired) electrons. The molecule has 0 fully saturated rings. The first-order valence-corrected chi connectivity index (χ1v) is 2.72. The minimum absolute atomic E-state index is 0.958. The lowest BCUT2D eigenvalue weighted by molar-refractivity contribution is 0.965. The Morgan fingerprint density at radius 1 is 1.22 bits per heavy atom. The van der Waals surface area contributed by atoms with Gasteiger partial charge in [-0.2, -0.15) is 0 Å². The van der Waals surface area contributed by atoms with Gasteiger partial charge in [0.2, 0.25) is 0 Å². The molecular weight excluding hydrogens is 112 g/mol. The van der Waals surface area contributed by atoms with Crippen molar-refractivity contribution in [1.29, 1.82) is 0 Å². The van der Waals surface area contributed by atoms with Crippen LogP contribution in [-0.4, -0.2) is 19.4 Å². The van der Waals surface area contributed by atoms with Crippen LogP contribution < -0.4 is 5.32 Å². The van der Waals surface area contributed by atoms with E-state index in [1.165, 1.54) is 0 Å². The quantitative estimate of drug-likeness (QED) is 0.485. The minimum Gasteiger partial charge on any atom is -0.375 e. The lowest BCUT2D eigenvalue weighted by atomic mass is 10.7. The van der Waals surface area contributed by atoms with E-state index in [-0.39, 0.29) is 0 Å². The molecule has 52 valence electrons. The van der Waals surface area contributed by atoms with Crippen LogP contribution in [0.15, 0.2) is 31.3 Å². The van der Waals surface area contributed by atoms with Gasteiger partial charge in [0.25, 0.3) is 0 Å². The Kier molecular flexibility index (Phi) is 19.0. The van der Waals surface area contributed by atoms with Crippen LogP contribution in [-0.2, 0) is 0 Å². The number of aliphatic imine (C=N–C) groups is 1. The Labute approximate surface area is 57.0 Å². The van der Waals surface area contributed by atoms with Crippen molar-refractivity contribution in [3.8, 4) is 0 Å². The molecule has 0 aromatic carbocycles. The Balaban J connectivity index is 0. The van der Waals surface area contributed by atoms with Gasteiger partial charge in [0.15, 0.2) is 0 Å². The summed E-state index contributed by atoms with van der Waals surface area (Å²) in [7, 11) is 0. The van der Waals surface area contributed by atoms with E-state index in [1.54, 1.807) is 6.34 Å². The van der Waals surface area contributed by atoms with Gasteiger partial charge in [0.1, 0.15) is 0 Å². The van der Waals surface area contributed by atoms with Crippen molar-refractivity contribution in [3.05, 3.63) is 26.3 Å². The van der Waals surface area contributed by atoms with Gasteiger partial charge in [-0.25, -0.2) is 0 Å². The zero-order valence-corrected chi connectivity index (χ0v) is 5.77. The number of nitrogens with zero attached hydrogens (tertiary/aromatic N) is 1. The van der Waals surface area contributed by atoms with Crippen molar-refractivity contribution in [2.75, 3.05) is 13.1 Å². The summed E-state index contributed by atoms with van der Waals surface area (Å²) < 4.78 is 0. The molecule has 2 heteroatoms. The average Bonchev–Trinajstić information content (AvgIpc) is 2.51. The van der Waals surface area contributed by atoms with Crippen LogP contribution in [0.1, 0.15) is 0 Å². The van der Waals surface area contributed by atoms with E-state index in [0.29, 0.717) is 0 Å². The van der Waals surface area contributed by atoms with E-state index in [1.807, 2.05) is 0 Å². The molecule has 0 aliphatic carbocycles. The fraction of sp³-hybridized carbons (Fsp3) is 0.286. The lowest BCUT2D eigenvalue weighted by Gasteiger charge is -1.75. The summed E-state index contributed by atoms with van der Waals surface area (Å²) in [5.74, 6) is 0. The summed E-state index contributed by atoms with van der Waals surface area (Å²) in [5.41, 5.74) is 0. The maximum absolute atomic E-state index is 3.85. The van der Waals surface area contributed by atoms with Gasteiger partial charge in [-0.1, -0.05) is 0 Å². The van der Waals surface area contributed by atoms with E-state index >= 15 is 0 Å². The summed E-state index contributed by atoms with van der Waals surface area (Å²) in [6.45, 7) is 14.0. The summed E-state index contributed by atoms with van der Waals surface area (Å²) in [4.78, 5) is 3.85. The van der Waals surface area contributed by atoms with Crippen molar-refractivity contribution < 1.29 is 0 Å². The summed E-state index contributed by atoms with van der Waals surface area (Å²) in [6, 6.07) is 0. The molecule has 0 atom stereocenters. The molecule has 1 aliphatic rings. The fourth-order valence-corrected chi connectivity index (χ4v) is 0.323. The van der Waals surface area contributed by atoms with Crippen LogP contribution >= 0.6 is 0 Å². The molecule has 0 amide bonds. The largest absolute Gasteiger partial charge is 0.375 e. The second-order valence-electron chi connectivity index (χ2n) is 0.989. The van der Waals surface area contributed by atoms with Crippen molar-refractivity contribution >= 4 is 6.34 Å². The lowest BCUT2D eigenvalue weighted by Crippen LogP contribution is -2.04. The van der Waals surface area contributed by atoms with Gasteiger partial charge in [0.05, 0.1) is 12.9 Å². The van der Waals surface area contributed by atoms with Crippen LogP contribution in [0.5, 0.6) is 0 Å². The third kappa shape index (κ3) is 10.9. The molecule has 1 aliphatic heterocycles. The Hall–Kier alpha value is -1.05. The predicted octanol–water partition coefficient (Wildman–Crippen LogP) is 1.22. The molecule has 0 saturated heterocycles. The Morgan fingerprint density at radius 2 is 1.78 bits per heavy atom. The van der Waals surface area contributed by atoms with E-state index in [9.17, 15) is 0 Å². The molecule has 0 unspecified atom stereocenters. The standard InChI is InChI=1S/C3H6N2.2C2H4/c1-2-5-3-4-1;2*1-2/h3H,1-2H2,(H,4,5);2*1-2H2. The zero-order valence-electron chi connectivity index (χ0n) is 5.77. The molecule has 0 aromatic heterocycles. The van der Waals surface area contributed by atoms with Crippen molar-refractivity contribution in [3.63, 3.8) is 0 Å². The van der Waals surface area contributed by atoms with Gasteiger partial charge in [-0.05, 0) is 0 Å². The molecule has 9 heavy (non-hydrogen) atoms. The third-order valence-electron chi connectivity index (χ3n) is 0.568. The SMILES string of the molecule is C1=NCCN1.C=C.C=C. The summed E-state index contributed by atoms with van der Waals surface area (Å²) in [6.07, 6.45) is 1.74. The van der Waals surface area contributed by atoms with Gasteiger partial charge in [0, 0.05) is 6.54 Å². The van der Waals surface area contributed by atoms with Crippen LogP contribution in [0.4, 0.5) is 0 Å². The van der Waals surface area contributed by atoms with Crippen LogP contribution in [0, 0.1) is 0 Å². The molecule has 1 rings (SSSR count). The second-order valence-corrected chi connectivity index (χ2v) is 0.989. The monoisotopic (exact) mass is 126 g/mol. The van der Waals surface area contributed by atoms with Gasteiger partial charge >= 0.3 is 0 Å². The maximum atomic E-state index is 3.85. The smallest absolute Gasteiger partial charge is 0.0825 e. The highest BCUT2D eigenvalue weighted by Gasteiger charge is 1.82. The van der Waals surface area contributed by atoms with Crippen LogP contribution in [0.25, 0.3) is 0 Å². The number of hydrogen-bond donors (Lipinski definition) is 1. The highest BCUT2D eigenvalue weighted by Crippen LogP contribution is 1.68. The van der Waals surface area contributed by atoms with E-state index in [2.05, 4.69) is 36.6 Å². The molecule has 2 nitrogen and oxygen atoms in total. The average molecular weight is 126 g/mol. The van der Waals surface area contributed by atoms with Gasteiger partial charge in [-0.15, -0.1) is 26.3 Å². The minimum atomic E-state index is 0.958. The number of nitrogens with one attached hydrogen (secondary N) is 1. The third-order valence-corrected chi connectivity index (χ3v) is 0.568. The normalized spacial score (nSPS) is 11.6. The first-order chi connectivity index (χ1) is 4.50. The van der Waals surface area contributed by atoms with Gasteiger partial charge < -0.3 is 5.32 Å². The van der Waals surface area contributed by atoms with Crippen LogP contribution in [0.2, 0.25) is 0 Å². The summed E-state index contributed by atoms with van der Waals surface area (Å²) in [5, 5.41) is 2.93. The Bertz CT molecular complexity index is 61.3. The summed E-state index contributed by atoms with van der Waals surface area (Å²) >= 11 is 0. The highest BCUT2D eigenvalue weighted by atomic mass is 15.0. The molecule has 1 N–H and O–H groups in total. The van der Waals surface area contributed by atoms with E-state index in [0.717, 1.165) is 13.1 Å². The molecule has 0 spiro atoms.